The van der Waals surface area contributed by atoms with Gasteiger partial charge in [0.1, 0.15) is 5.82 Å². The van der Waals surface area contributed by atoms with Gasteiger partial charge in [-0.2, -0.15) is 5.10 Å². The van der Waals surface area contributed by atoms with Crippen LogP contribution in [0.4, 0.5) is 9.18 Å². The summed E-state index contributed by atoms with van der Waals surface area (Å²) in [6.45, 7) is 1.31. The zero-order chi connectivity index (χ0) is 16.0. The highest BCUT2D eigenvalue weighted by atomic mass is 19.1. The summed E-state index contributed by atoms with van der Waals surface area (Å²) in [5, 5.41) is 7.99. The Balaban J connectivity index is 1.57. The van der Waals surface area contributed by atoms with Crippen molar-refractivity contribution in [3.8, 4) is 11.1 Å². The van der Waals surface area contributed by atoms with Crippen LogP contribution >= 0.6 is 0 Å². The standard InChI is InChI=1S/C16H16FN5O/c1-18-16(23)21-8-12(9-21)22-7-10(5-20-22)14-6-19-15-4-11(17)2-3-13(14)15/h2-7,12,19H,8-9H2,1H3,(H,18,23). The molecule has 1 saturated heterocycles. The third-order valence-corrected chi connectivity index (χ3v) is 4.29. The Labute approximate surface area is 131 Å². The molecule has 0 atom stereocenters. The Kier molecular flexibility index (Phi) is 3.07. The van der Waals surface area contributed by atoms with Crippen molar-refractivity contribution in [2.75, 3.05) is 20.1 Å². The minimum atomic E-state index is -0.259. The second kappa shape index (κ2) is 5.12. The van der Waals surface area contributed by atoms with E-state index in [1.807, 2.05) is 17.1 Å². The highest BCUT2D eigenvalue weighted by Crippen LogP contribution is 2.30. The lowest BCUT2D eigenvalue weighted by Gasteiger charge is -2.38. The van der Waals surface area contributed by atoms with Crippen molar-refractivity contribution >= 4 is 16.9 Å². The number of hydrogen-bond acceptors (Lipinski definition) is 2. The van der Waals surface area contributed by atoms with Gasteiger partial charge >= 0.3 is 6.03 Å². The first-order valence-electron chi connectivity index (χ1n) is 7.43. The smallest absolute Gasteiger partial charge is 0.317 e. The Morgan fingerprint density at radius 3 is 3.04 bits per heavy atom. The maximum absolute atomic E-state index is 13.3. The van der Waals surface area contributed by atoms with Crippen LogP contribution in [0.25, 0.3) is 22.0 Å². The molecule has 118 valence electrons. The molecule has 0 aliphatic carbocycles. The number of carbonyl (C=O) groups is 1. The summed E-state index contributed by atoms with van der Waals surface area (Å²) in [6.07, 6.45) is 5.63. The van der Waals surface area contributed by atoms with Gasteiger partial charge in [0.05, 0.1) is 12.2 Å². The molecule has 0 radical (unpaired) electrons. The topological polar surface area (TPSA) is 66.0 Å². The molecule has 0 unspecified atom stereocenters. The lowest BCUT2D eigenvalue weighted by atomic mass is 10.1. The van der Waals surface area contributed by atoms with E-state index in [-0.39, 0.29) is 17.9 Å². The van der Waals surface area contributed by atoms with E-state index < -0.39 is 0 Å². The Hall–Kier alpha value is -2.83. The Morgan fingerprint density at radius 1 is 1.43 bits per heavy atom. The van der Waals surface area contributed by atoms with Crippen molar-refractivity contribution in [1.29, 1.82) is 0 Å². The minimum Gasteiger partial charge on any atom is -0.360 e. The average Bonchev–Trinajstić information content (AvgIpc) is 3.11. The van der Waals surface area contributed by atoms with Crippen LogP contribution < -0.4 is 5.32 Å². The summed E-state index contributed by atoms with van der Waals surface area (Å²) in [5.74, 6) is -0.259. The summed E-state index contributed by atoms with van der Waals surface area (Å²) < 4.78 is 15.2. The van der Waals surface area contributed by atoms with E-state index in [0.29, 0.717) is 13.1 Å². The van der Waals surface area contributed by atoms with Crippen LogP contribution in [0.3, 0.4) is 0 Å². The van der Waals surface area contributed by atoms with Crippen molar-refractivity contribution in [3.05, 3.63) is 42.6 Å². The summed E-state index contributed by atoms with van der Waals surface area (Å²) in [5.41, 5.74) is 2.73. The van der Waals surface area contributed by atoms with Gasteiger partial charge in [-0.15, -0.1) is 0 Å². The third kappa shape index (κ3) is 2.25. The van der Waals surface area contributed by atoms with Crippen molar-refractivity contribution < 1.29 is 9.18 Å². The lowest BCUT2D eigenvalue weighted by molar-refractivity contribution is 0.120. The SMILES string of the molecule is CNC(=O)N1CC(n2cc(-c3c[nH]c4cc(F)ccc34)cn2)C1. The van der Waals surface area contributed by atoms with E-state index in [1.165, 1.54) is 12.1 Å². The molecule has 3 aromatic rings. The van der Waals surface area contributed by atoms with Crippen LogP contribution in [0.5, 0.6) is 0 Å². The number of nitrogens with one attached hydrogen (secondary N) is 2. The van der Waals surface area contributed by atoms with Gasteiger partial charge < -0.3 is 15.2 Å². The summed E-state index contributed by atoms with van der Waals surface area (Å²) in [4.78, 5) is 16.3. The van der Waals surface area contributed by atoms with Crippen LogP contribution in [0.2, 0.25) is 0 Å². The molecule has 7 heteroatoms. The quantitative estimate of drug-likeness (QED) is 0.763. The zero-order valence-electron chi connectivity index (χ0n) is 12.6. The Morgan fingerprint density at radius 2 is 2.26 bits per heavy atom. The van der Waals surface area contributed by atoms with E-state index in [4.69, 9.17) is 0 Å². The number of H-pyrrole nitrogens is 1. The van der Waals surface area contributed by atoms with Crippen molar-refractivity contribution in [2.45, 2.75) is 6.04 Å². The number of carbonyl (C=O) groups excluding carboxylic acids is 1. The van der Waals surface area contributed by atoms with Crippen LogP contribution in [0, 0.1) is 5.82 Å². The molecule has 2 amide bonds. The number of nitrogens with zero attached hydrogens (tertiary/aromatic N) is 3. The molecule has 4 rings (SSSR count). The fourth-order valence-corrected chi connectivity index (χ4v) is 2.96. The van der Waals surface area contributed by atoms with Gasteiger partial charge in [0.2, 0.25) is 0 Å². The van der Waals surface area contributed by atoms with E-state index in [0.717, 1.165) is 22.0 Å². The van der Waals surface area contributed by atoms with Crippen LogP contribution in [-0.2, 0) is 0 Å². The maximum atomic E-state index is 13.3. The van der Waals surface area contributed by atoms with Crippen molar-refractivity contribution in [2.24, 2.45) is 0 Å². The lowest BCUT2D eigenvalue weighted by Crippen LogP contribution is -2.53. The van der Waals surface area contributed by atoms with Gasteiger partial charge in [0.15, 0.2) is 0 Å². The minimum absolute atomic E-state index is 0.0627. The molecule has 0 bridgehead atoms. The molecule has 1 aliphatic rings. The number of rotatable bonds is 2. The molecule has 3 heterocycles. The number of likely N-dealkylation sites (tertiary alicyclic amines) is 1. The number of fused-ring (bicyclic) bond motifs is 1. The van der Waals surface area contributed by atoms with E-state index in [9.17, 15) is 9.18 Å². The molecular weight excluding hydrogens is 297 g/mol. The highest BCUT2D eigenvalue weighted by molar-refractivity contribution is 5.95. The first-order chi connectivity index (χ1) is 11.2. The van der Waals surface area contributed by atoms with Gasteiger partial charge in [-0.05, 0) is 18.2 Å². The van der Waals surface area contributed by atoms with Gasteiger partial charge in [-0.25, -0.2) is 9.18 Å². The van der Waals surface area contributed by atoms with Crippen LogP contribution in [0.1, 0.15) is 6.04 Å². The van der Waals surface area contributed by atoms with E-state index in [1.54, 1.807) is 24.2 Å². The van der Waals surface area contributed by atoms with Gasteiger partial charge in [0.25, 0.3) is 0 Å². The predicted molar refractivity (Wildman–Crippen MR) is 84.5 cm³/mol. The number of amides is 2. The summed E-state index contributed by atoms with van der Waals surface area (Å²) in [7, 11) is 1.63. The molecule has 1 fully saturated rings. The summed E-state index contributed by atoms with van der Waals surface area (Å²) in [6, 6.07) is 4.84. The third-order valence-electron chi connectivity index (χ3n) is 4.29. The number of benzene rings is 1. The predicted octanol–water partition coefficient (Wildman–Crippen LogP) is 2.37. The second-order valence-electron chi connectivity index (χ2n) is 5.72. The van der Waals surface area contributed by atoms with Gasteiger partial charge in [-0.3, -0.25) is 4.68 Å². The molecule has 2 aromatic heterocycles. The van der Waals surface area contributed by atoms with E-state index in [2.05, 4.69) is 15.4 Å². The highest BCUT2D eigenvalue weighted by Gasteiger charge is 2.32. The van der Waals surface area contributed by atoms with E-state index >= 15 is 0 Å². The summed E-state index contributed by atoms with van der Waals surface area (Å²) >= 11 is 0. The fraction of sp³-hybridized carbons (Fsp3) is 0.250. The molecule has 1 aliphatic heterocycles. The number of aromatic nitrogens is 3. The first kappa shape index (κ1) is 13.8. The second-order valence-corrected chi connectivity index (χ2v) is 5.72. The number of urea groups is 1. The molecule has 1 aromatic carbocycles. The molecule has 0 spiro atoms. The monoisotopic (exact) mass is 313 g/mol. The normalized spacial score (nSPS) is 15.0. The van der Waals surface area contributed by atoms with Crippen LogP contribution in [0.15, 0.2) is 36.8 Å². The average molecular weight is 313 g/mol. The number of aromatic amines is 1. The van der Waals surface area contributed by atoms with Crippen molar-refractivity contribution in [3.63, 3.8) is 0 Å². The number of hydrogen-bond donors (Lipinski definition) is 2. The Bertz CT molecular complexity index is 878. The molecule has 6 nitrogen and oxygen atoms in total. The molecule has 0 saturated carbocycles. The maximum Gasteiger partial charge on any atom is 0.317 e. The molecule has 2 N–H and O–H groups in total. The zero-order valence-corrected chi connectivity index (χ0v) is 12.6. The first-order valence-corrected chi connectivity index (χ1v) is 7.43. The van der Waals surface area contributed by atoms with Gasteiger partial charge in [-0.1, -0.05) is 0 Å². The fourth-order valence-electron chi connectivity index (χ4n) is 2.96. The van der Waals surface area contributed by atoms with Crippen LogP contribution in [-0.4, -0.2) is 45.8 Å². The molecular formula is C16H16FN5O. The van der Waals surface area contributed by atoms with Crippen molar-refractivity contribution in [1.82, 2.24) is 25.0 Å². The van der Waals surface area contributed by atoms with Gasteiger partial charge in [0, 0.05) is 54.6 Å². The molecule has 23 heavy (non-hydrogen) atoms. The number of halogens is 1. The largest absolute Gasteiger partial charge is 0.360 e.